The van der Waals surface area contributed by atoms with Crippen molar-refractivity contribution >= 4 is 22.5 Å². The summed E-state index contributed by atoms with van der Waals surface area (Å²) in [4.78, 5) is 2.34. The molecule has 1 heteroatoms. The Balaban J connectivity index is 2.34. The molecule has 0 atom stereocenters. The molecule has 0 aliphatic rings. The number of hydrogen-bond acceptors (Lipinski definition) is 1. The normalized spacial score (nSPS) is 12.2. The molecule has 0 radical (unpaired) electrons. The van der Waals surface area contributed by atoms with Crippen LogP contribution in [-0.2, 0) is 6.42 Å². The Hall–Kier alpha value is -1.73. The van der Waals surface area contributed by atoms with Crippen molar-refractivity contribution in [1.29, 1.82) is 0 Å². The first-order valence-corrected chi connectivity index (χ1v) is 8.15. The van der Waals surface area contributed by atoms with E-state index >= 15 is 0 Å². The maximum Gasteiger partial charge on any atom is 0.0200 e. The lowest BCUT2D eigenvalue weighted by molar-refractivity contribution is 1.14. The molecule has 0 amide bonds. The highest BCUT2D eigenvalue weighted by Crippen LogP contribution is 2.33. The molecular weight excluding hydrogens is 272 g/mol. The van der Waals surface area contributed by atoms with Gasteiger partial charge in [0.25, 0.3) is 0 Å². The molecule has 0 heterocycles. The van der Waals surface area contributed by atoms with E-state index < -0.39 is 0 Å². The van der Waals surface area contributed by atoms with E-state index in [0.717, 1.165) is 11.3 Å². The number of allylic oxidation sites excluding steroid dienone is 4. The van der Waals surface area contributed by atoms with Crippen LogP contribution in [0.3, 0.4) is 0 Å². The summed E-state index contributed by atoms with van der Waals surface area (Å²) in [6, 6.07) is 13.2. The highest BCUT2D eigenvalue weighted by atomic mass is 32.2. The Morgan fingerprint density at radius 1 is 1.24 bits per heavy atom. The van der Waals surface area contributed by atoms with Crippen LogP contribution in [0.4, 0.5) is 0 Å². The van der Waals surface area contributed by atoms with Crippen LogP contribution in [-0.4, -0.2) is 0 Å². The van der Waals surface area contributed by atoms with Crippen molar-refractivity contribution < 1.29 is 0 Å². The Morgan fingerprint density at radius 3 is 2.76 bits per heavy atom. The number of aryl methyl sites for hydroxylation is 1. The van der Waals surface area contributed by atoms with Gasteiger partial charge in [-0.15, -0.1) is 0 Å². The first kappa shape index (κ1) is 15.7. The molecule has 21 heavy (non-hydrogen) atoms. The monoisotopic (exact) mass is 294 g/mol. The first-order valence-electron chi connectivity index (χ1n) is 7.33. The fraction of sp³-hybridized carbons (Fsp3) is 0.200. The van der Waals surface area contributed by atoms with Gasteiger partial charge >= 0.3 is 0 Å². The molecule has 0 bridgehead atoms. The molecule has 2 aromatic rings. The van der Waals surface area contributed by atoms with Gasteiger partial charge < -0.3 is 0 Å². The zero-order chi connectivity index (χ0) is 15.2. The largest absolute Gasteiger partial charge is 0.0901 e. The summed E-state index contributed by atoms with van der Waals surface area (Å²) in [7, 11) is 0. The summed E-state index contributed by atoms with van der Waals surface area (Å²) in [6.07, 6.45) is 7.35. The number of benzene rings is 2. The summed E-state index contributed by atoms with van der Waals surface area (Å²) < 4.78 is 0. The van der Waals surface area contributed by atoms with E-state index in [4.69, 9.17) is 0 Å². The molecule has 0 aromatic heterocycles. The lowest BCUT2D eigenvalue weighted by Crippen LogP contribution is -1.83. The van der Waals surface area contributed by atoms with Crippen molar-refractivity contribution in [3.05, 3.63) is 77.2 Å². The third-order valence-corrected chi connectivity index (χ3v) is 4.33. The van der Waals surface area contributed by atoms with E-state index in [9.17, 15) is 0 Å². The van der Waals surface area contributed by atoms with Crippen molar-refractivity contribution in [1.82, 2.24) is 0 Å². The zero-order valence-corrected chi connectivity index (χ0v) is 13.8. The number of fused-ring (bicyclic) bond motifs is 1. The van der Waals surface area contributed by atoms with Crippen molar-refractivity contribution in [2.75, 3.05) is 0 Å². The van der Waals surface area contributed by atoms with Gasteiger partial charge in [-0.2, -0.15) is 0 Å². The van der Waals surface area contributed by atoms with Gasteiger partial charge in [-0.1, -0.05) is 73.3 Å². The average Bonchev–Trinajstić information content (AvgIpc) is 2.47. The van der Waals surface area contributed by atoms with E-state index in [0.29, 0.717) is 0 Å². The average molecular weight is 294 g/mol. The number of hydrogen-bond donors (Lipinski definition) is 0. The van der Waals surface area contributed by atoms with E-state index in [1.807, 2.05) is 6.92 Å². The standard InChI is InChI=1S/C20H22S/c1-5-8-15(3)13-16(4)21-20-10-7-9-18-12-11-17(6-2)14-19(18)20/h5,7-14H,4,6H2,1-3H3/b8-5-,15-13-. The van der Waals surface area contributed by atoms with Gasteiger partial charge in [0.05, 0.1) is 0 Å². The topological polar surface area (TPSA) is 0 Å². The molecule has 0 unspecified atom stereocenters. The maximum absolute atomic E-state index is 4.17. The minimum absolute atomic E-state index is 1.07. The molecule has 0 aliphatic carbocycles. The quantitative estimate of drug-likeness (QED) is 0.446. The molecule has 108 valence electrons. The van der Waals surface area contributed by atoms with Crippen LogP contribution >= 0.6 is 11.8 Å². The number of rotatable bonds is 5. The third kappa shape index (κ3) is 4.12. The molecule has 0 saturated carbocycles. The molecule has 0 nitrogen and oxygen atoms in total. The van der Waals surface area contributed by atoms with E-state index in [-0.39, 0.29) is 0 Å². The SMILES string of the molecule is C=C(/C=C(C)\C=C/C)Sc1cccc2ccc(CC)cc12. The summed E-state index contributed by atoms with van der Waals surface area (Å²) in [6.45, 7) is 10.5. The van der Waals surface area contributed by atoms with Crippen molar-refractivity contribution in [2.24, 2.45) is 0 Å². The molecule has 0 fully saturated rings. The fourth-order valence-corrected chi connectivity index (χ4v) is 3.30. The lowest BCUT2D eigenvalue weighted by Gasteiger charge is -2.08. The second-order valence-electron chi connectivity index (χ2n) is 5.12. The predicted octanol–water partition coefficient (Wildman–Crippen LogP) is 6.53. The fourth-order valence-electron chi connectivity index (χ4n) is 2.34. The smallest absolute Gasteiger partial charge is 0.0200 e. The minimum atomic E-state index is 1.07. The van der Waals surface area contributed by atoms with Crippen molar-refractivity contribution in [3.63, 3.8) is 0 Å². The Kier molecular flexibility index (Phi) is 5.46. The van der Waals surface area contributed by atoms with Gasteiger partial charge in [0.2, 0.25) is 0 Å². The molecule has 2 rings (SSSR count). The third-order valence-electron chi connectivity index (χ3n) is 3.37. The van der Waals surface area contributed by atoms with Crippen molar-refractivity contribution in [2.45, 2.75) is 32.1 Å². The summed E-state index contributed by atoms with van der Waals surface area (Å²) >= 11 is 1.74. The Labute approximate surface area is 132 Å². The Morgan fingerprint density at radius 2 is 2.05 bits per heavy atom. The van der Waals surface area contributed by atoms with Crippen LogP contribution < -0.4 is 0 Å². The van der Waals surface area contributed by atoms with Crippen LogP contribution in [0.25, 0.3) is 10.8 Å². The Bertz CT molecular complexity index is 705. The van der Waals surface area contributed by atoms with Crippen LogP contribution in [0.2, 0.25) is 0 Å². The summed E-state index contributed by atoms with van der Waals surface area (Å²) in [5.74, 6) is 0. The van der Waals surface area contributed by atoms with E-state index in [2.05, 4.69) is 75.1 Å². The van der Waals surface area contributed by atoms with Crippen molar-refractivity contribution in [3.8, 4) is 0 Å². The van der Waals surface area contributed by atoms with Crippen LogP contribution in [0.5, 0.6) is 0 Å². The van der Waals surface area contributed by atoms with E-state index in [1.165, 1.54) is 26.8 Å². The summed E-state index contributed by atoms with van der Waals surface area (Å²) in [5.41, 5.74) is 2.60. The second kappa shape index (κ2) is 7.33. The van der Waals surface area contributed by atoms with Gasteiger partial charge in [-0.25, -0.2) is 0 Å². The molecule has 0 aliphatic heterocycles. The van der Waals surface area contributed by atoms with E-state index in [1.54, 1.807) is 11.8 Å². The predicted molar refractivity (Wildman–Crippen MR) is 96.9 cm³/mol. The second-order valence-corrected chi connectivity index (χ2v) is 6.29. The number of thioether (sulfide) groups is 1. The van der Waals surface area contributed by atoms with Gasteiger partial charge in [0.1, 0.15) is 0 Å². The van der Waals surface area contributed by atoms with Crippen LogP contribution in [0.1, 0.15) is 26.3 Å². The molecule has 0 N–H and O–H groups in total. The van der Waals surface area contributed by atoms with Crippen LogP contribution in [0.15, 0.2) is 76.6 Å². The molecule has 0 saturated heterocycles. The van der Waals surface area contributed by atoms with Crippen LogP contribution in [0, 0.1) is 0 Å². The summed E-state index contributed by atoms with van der Waals surface area (Å²) in [5, 5.41) is 2.61. The lowest BCUT2D eigenvalue weighted by atomic mass is 10.1. The highest BCUT2D eigenvalue weighted by Gasteiger charge is 2.04. The molecule has 0 spiro atoms. The van der Waals surface area contributed by atoms with Gasteiger partial charge in [-0.3, -0.25) is 0 Å². The maximum atomic E-state index is 4.17. The minimum Gasteiger partial charge on any atom is -0.0901 e. The van der Waals surface area contributed by atoms with Gasteiger partial charge in [0.15, 0.2) is 0 Å². The molecule has 2 aromatic carbocycles. The highest BCUT2D eigenvalue weighted by molar-refractivity contribution is 8.03. The first-order chi connectivity index (χ1) is 10.1. The van der Waals surface area contributed by atoms with Gasteiger partial charge in [-0.05, 0) is 48.7 Å². The van der Waals surface area contributed by atoms with Gasteiger partial charge in [0, 0.05) is 9.80 Å². The zero-order valence-electron chi connectivity index (χ0n) is 13.0. The molecular formula is C20H22S.